The summed E-state index contributed by atoms with van der Waals surface area (Å²) >= 11 is 0. The number of nitrogens with one attached hydrogen (secondary N) is 1. The van der Waals surface area contributed by atoms with Crippen LogP contribution >= 0.6 is 0 Å². The topological polar surface area (TPSA) is 55.7 Å². The van der Waals surface area contributed by atoms with Crippen LogP contribution in [0.3, 0.4) is 0 Å². The summed E-state index contributed by atoms with van der Waals surface area (Å²) in [5, 5.41) is 5.43. The van der Waals surface area contributed by atoms with Crippen molar-refractivity contribution in [3.8, 4) is 11.5 Å². The summed E-state index contributed by atoms with van der Waals surface area (Å²) in [6.07, 6.45) is 10.3. The van der Waals surface area contributed by atoms with Crippen LogP contribution in [0, 0.1) is 5.92 Å². The molecule has 1 fully saturated rings. The molecule has 1 aromatic heterocycles. The largest absolute Gasteiger partial charge is 0.454 e. The van der Waals surface area contributed by atoms with E-state index < -0.39 is 0 Å². The molecule has 0 unspecified atom stereocenters. The zero-order chi connectivity index (χ0) is 14.8. The second-order valence-electron chi connectivity index (χ2n) is 5.87. The highest BCUT2D eigenvalue weighted by molar-refractivity contribution is 5.93. The monoisotopic (exact) mass is 297 g/mol. The van der Waals surface area contributed by atoms with E-state index in [9.17, 15) is 0 Å². The molecule has 114 valence electrons. The average molecular weight is 297 g/mol. The van der Waals surface area contributed by atoms with Crippen LogP contribution in [0.15, 0.2) is 29.5 Å². The summed E-state index contributed by atoms with van der Waals surface area (Å²) in [6.45, 7) is 0.272. The molecule has 1 aliphatic carbocycles. The lowest BCUT2D eigenvalue weighted by Crippen LogP contribution is -2.08. The van der Waals surface area contributed by atoms with Crippen molar-refractivity contribution in [1.82, 2.24) is 4.98 Å². The van der Waals surface area contributed by atoms with Gasteiger partial charge in [0, 0.05) is 23.9 Å². The van der Waals surface area contributed by atoms with E-state index in [2.05, 4.69) is 21.7 Å². The van der Waals surface area contributed by atoms with Crippen LogP contribution in [0.1, 0.15) is 32.1 Å². The quantitative estimate of drug-likeness (QED) is 0.688. The Kier molecular flexibility index (Phi) is 3.54. The second kappa shape index (κ2) is 5.83. The SMILES string of the molecule is C(=N\Nc1ccnc2cc3c(cc12)OCO3)/C1CCCCC1. The number of nitrogens with zero attached hydrogens (tertiary/aromatic N) is 2. The number of pyridine rings is 1. The van der Waals surface area contributed by atoms with Crippen molar-refractivity contribution in [3.63, 3.8) is 0 Å². The third-order valence-corrected chi connectivity index (χ3v) is 4.36. The average Bonchev–Trinajstić information content (AvgIpc) is 3.01. The molecule has 0 bridgehead atoms. The maximum absolute atomic E-state index is 5.44. The first-order valence-corrected chi connectivity index (χ1v) is 7.88. The van der Waals surface area contributed by atoms with Gasteiger partial charge in [-0.2, -0.15) is 5.10 Å². The van der Waals surface area contributed by atoms with Gasteiger partial charge >= 0.3 is 0 Å². The predicted octanol–water partition coefficient (Wildman–Crippen LogP) is 3.94. The second-order valence-corrected chi connectivity index (χ2v) is 5.87. The summed E-state index contributed by atoms with van der Waals surface area (Å²) in [6, 6.07) is 5.81. The van der Waals surface area contributed by atoms with Crippen molar-refractivity contribution >= 4 is 22.8 Å². The highest BCUT2D eigenvalue weighted by Gasteiger charge is 2.16. The van der Waals surface area contributed by atoms with Gasteiger partial charge in [-0.05, 0) is 30.9 Å². The lowest BCUT2D eigenvalue weighted by Gasteiger charge is -2.16. The van der Waals surface area contributed by atoms with E-state index in [-0.39, 0.29) is 6.79 Å². The maximum atomic E-state index is 5.44. The molecule has 1 aromatic carbocycles. The molecule has 2 heterocycles. The number of benzene rings is 1. The molecule has 2 aromatic rings. The van der Waals surface area contributed by atoms with E-state index in [0.717, 1.165) is 28.1 Å². The molecule has 5 nitrogen and oxygen atoms in total. The van der Waals surface area contributed by atoms with E-state index in [1.54, 1.807) is 6.20 Å². The molecular formula is C17H19N3O2. The van der Waals surface area contributed by atoms with Gasteiger partial charge in [-0.25, -0.2) is 0 Å². The number of aromatic nitrogens is 1. The summed E-state index contributed by atoms with van der Waals surface area (Å²) in [7, 11) is 0. The van der Waals surface area contributed by atoms with E-state index in [4.69, 9.17) is 9.47 Å². The smallest absolute Gasteiger partial charge is 0.231 e. The fourth-order valence-electron chi connectivity index (χ4n) is 3.13. The van der Waals surface area contributed by atoms with Crippen molar-refractivity contribution in [2.24, 2.45) is 11.0 Å². The Morgan fingerprint density at radius 1 is 1.14 bits per heavy atom. The molecule has 1 saturated carbocycles. The minimum Gasteiger partial charge on any atom is -0.454 e. The molecular weight excluding hydrogens is 278 g/mol. The first-order valence-electron chi connectivity index (χ1n) is 7.88. The number of hydrogen-bond donors (Lipinski definition) is 1. The van der Waals surface area contributed by atoms with E-state index in [1.807, 2.05) is 18.2 Å². The van der Waals surface area contributed by atoms with Crippen LogP contribution in [-0.2, 0) is 0 Å². The molecule has 0 saturated heterocycles. The van der Waals surface area contributed by atoms with Crippen LogP contribution in [-0.4, -0.2) is 18.0 Å². The van der Waals surface area contributed by atoms with E-state index in [0.29, 0.717) is 5.92 Å². The predicted molar refractivity (Wildman–Crippen MR) is 86.6 cm³/mol. The number of hydrogen-bond acceptors (Lipinski definition) is 5. The minimum absolute atomic E-state index is 0.272. The number of fused-ring (bicyclic) bond motifs is 2. The highest BCUT2D eigenvalue weighted by Crippen LogP contribution is 2.37. The summed E-state index contributed by atoms with van der Waals surface area (Å²) in [5.74, 6) is 2.12. The molecule has 1 N–H and O–H groups in total. The van der Waals surface area contributed by atoms with Crippen LogP contribution in [0.5, 0.6) is 11.5 Å². The first kappa shape index (κ1) is 13.4. The van der Waals surface area contributed by atoms with E-state index in [1.165, 1.54) is 32.1 Å². The first-order chi connectivity index (χ1) is 10.9. The molecule has 22 heavy (non-hydrogen) atoms. The molecule has 4 rings (SSSR count). The van der Waals surface area contributed by atoms with Gasteiger partial charge in [0.1, 0.15) is 0 Å². The Morgan fingerprint density at radius 2 is 1.95 bits per heavy atom. The number of anilines is 1. The summed E-state index contributed by atoms with van der Waals surface area (Å²) < 4.78 is 10.8. The van der Waals surface area contributed by atoms with Gasteiger partial charge in [0.2, 0.25) is 6.79 Å². The lowest BCUT2D eigenvalue weighted by molar-refractivity contribution is 0.174. The fraction of sp³-hybridized carbons (Fsp3) is 0.412. The van der Waals surface area contributed by atoms with Crippen LogP contribution < -0.4 is 14.9 Å². The number of rotatable bonds is 3. The van der Waals surface area contributed by atoms with Gasteiger partial charge in [-0.3, -0.25) is 10.4 Å². The van der Waals surface area contributed by atoms with Crippen molar-refractivity contribution in [2.75, 3.05) is 12.2 Å². The Morgan fingerprint density at radius 3 is 2.82 bits per heavy atom. The zero-order valence-electron chi connectivity index (χ0n) is 12.4. The minimum atomic E-state index is 0.272. The molecule has 0 spiro atoms. The Hall–Kier alpha value is -2.30. The Balaban J connectivity index is 1.57. The zero-order valence-corrected chi connectivity index (χ0v) is 12.4. The molecule has 0 radical (unpaired) electrons. The van der Waals surface area contributed by atoms with Gasteiger partial charge in [0.25, 0.3) is 0 Å². The van der Waals surface area contributed by atoms with Crippen molar-refractivity contribution < 1.29 is 9.47 Å². The normalized spacial score (nSPS) is 18.2. The highest BCUT2D eigenvalue weighted by atomic mass is 16.7. The van der Waals surface area contributed by atoms with Crippen LogP contribution in [0.25, 0.3) is 10.9 Å². The van der Waals surface area contributed by atoms with Gasteiger partial charge < -0.3 is 9.47 Å². The van der Waals surface area contributed by atoms with Gasteiger partial charge in [0.05, 0.1) is 11.2 Å². The van der Waals surface area contributed by atoms with Gasteiger partial charge in [0.15, 0.2) is 11.5 Å². The standard InChI is InChI=1S/C17H19N3O2/c1-2-4-12(5-3-1)10-19-20-14-6-7-18-15-9-17-16(8-13(14)15)21-11-22-17/h6-10,12H,1-5,11H2,(H,18,20)/b19-10+. The molecule has 0 atom stereocenters. The molecule has 1 aliphatic heterocycles. The van der Waals surface area contributed by atoms with E-state index >= 15 is 0 Å². The third-order valence-electron chi connectivity index (χ3n) is 4.36. The Bertz CT molecular complexity index is 708. The van der Waals surface area contributed by atoms with Crippen LogP contribution in [0.2, 0.25) is 0 Å². The third kappa shape index (κ3) is 2.58. The molecule has 2 aliphatic rings. The number of ether oxygens (including phenoxy) is 2. The van der Waals surface area contributed by atoms with Crippen molar-refractivity contribution in [3.05, 3.63) is 24.4 Å². The van der Waals surface area contributed by atoms with Crippen molar-refractivity contribution in [1.29, 1.82) is 0 Å². The summed E-state index contributed by atoms with van der Waals surface area (Å²) in [4.78, 5) is 4.39. The Labute approximate surface area is 129 Å². The van der Waals surface area contributed by atoms with Gasteiger partial charge in [-0.15, -0.1) is 0 Å². The molecule has 5 heteroatoms. The molecule has 0 amide bonds. The summed E-state index contributed by atoms with van der Waals surface area (Å²) in [5.41, 5.74) is 4.98. The maximum Gasteiger partial charge on any atom is 0.231 e. The van der Waals surface area contributed by atoms with Gasteiger partial charge in [-0.1, -0.05) is 19.3 Å². The van der Waals surface area contributed by atoms with Crippen molar-refractivity contribution in [2.45, 2.75) is 32.1 Å². The number of hydrazone groups is 1. The fourth-order valence-corrected chi connectivity index (χ4v) is 3.13. The lowest BCUT2D eigenvalue weighted by atomic mass is 9.90. The van der Waals surface area contributed by atoms with Crippen LogP contribution in [0.4, 0.5) is 5.69 Å².